The highest BCUT2D eigenvalue weighted by Crippen LogP contribution is 2.50. The number of aromatic amines is 1. The van der Waals surface area contributed by atoms with Crippen molar-refractivity contribution in [1.82, 2.24) is 14.8 Å². The predicted octanol–water partition coefficient (Wildman–Crippen LogP) is 5.01. The molecule has 1 aliphatic carbocycles. The normalized spacial score (nSPS) is 24.5. The second-order valence-electron chi connectivity index (χ2n) is 9.40. The van der Waals surface area contributed by atoms with E-state index in [1.54, 1.807) is 12.1 Å². The van der Waals surface area contributed by atoms with Crippen LogP contribution in [0.2, 0.25) is 0 Å². The summed E-state index contributed by atoms with van der Waals surface area (Å²) in [5, 5.41) is 1.29. The molecular formula is C26H30FN3O. The zero-order valence-corrected chi connectivity index (χ0v) is 18.3. The molecule has 2 heterocycles. The molecule has 1 spiro atoms. The van der Waals surface area contributed by atoms with Crippen molar-refractivity contribution in [2.24, 2.45) is 5.92 Å². The Morgan fingerprint density at radius 3 is 2.52 bits per heavy atom. The van der Waals surface area contributed by atoms with Crippen molar-refractivity contribution in [3.05, 3.63) is 71.2 Å². The van der Waals surface area contributed by atoms with Gasteiger partial charge in [-0.15, -0.1) is 0 Å². The number of rotatable bonds is 4. The summed E-state index contributed by atoms with van der Waals surface area (Å²) in [5.41, 5.74) is 4.71. The lowest BCUT2D eigenvalue weighted by molar-refractivity contribution is -0.127. The zero-order chi connectivity index (χ0) is 21.6. The highest BCUT2D eigenvalue weighted by molar-refractivity contribution is 5.85. The van der Waals surface area contributed by atoms with Gasteiger partial charge in [0.25, 0.3) is 0 Å². The van der Waals surface area contributed by atoms with Crippen LogP contribution < -0.4 is 0 Å². The predicted molar refractivity (Wildman–Crippen MR) is 121 cm³/mol. The number of fused-ring (bicyclic) bond motifs is 4. The average molecular weight is 420 g/mol. The fraction of sp³-hybridized carbons (Fsp3) is 0.423. The SMILES string of the molecule is CN(C)C(c1ccc(F)cc1)C1CCC2(CC1)c1[nH]c3ccccc3c1CCN2C=O. The van der Waals surface area contributed by atoms with Crippen LogP contribution in [0.4, 0.5) is 4.39 Å². The number of nitrogens with one attached hydrogen (secondary N) is 1. The molecule has 0 radical (unpaired) electrons. The van der Waals surface area contributed by atoms with Crippen LogP contribution in [0.3, 0.4) is 0 Å². The van der Waals surface area contributed by atoms with Crippen molar-refractivity contribution in [1.29, 1.82) is 0 Å². The van der Waals surface area contributed by atoms with Crippen molar-refractivity contribution in [3.63, 3.8) is 0 Å². The van der Waals surface area contributed by atoms with Gasteiger partial charge in [-0.3, -0.25) is 4.79 Å². The first-order chi connectivity index (χ1) is 15.0. The van der Waals surface area contributed by atoms with Crippen LogP contribution in [0.25, 0.3) is 10.9 Å². The third kappa shape index (κ3) is 3.26. The van der Waals surface area contributed by atoms with Crippen molar-refractivity contribution >= 4 is 17.3 Å². The standard InChI is InChI=1S/C26H30FN3O/c1-29(2)24(18-7-9-20(27)10-8-18)19-11-14-26(15-12-19)25-22(13-16-30(26)17-31)21-5-3-4-6-23(21)28-25/h3-10,17,19,24,28H,11-16H2,1-2H3. The van der Waals surface area contributed by atoms with Gasteiger partial charge in [0.2, 0.25) is 6.41 Å². The van der Waals surface area contributed by atoms with Gasteiger partial charge in [-0.2, -0.15) is 0 Å². The molecule has 1 amide bonds. The lowest BCUT2D eigenvalue weighted by Crippen LogP contribution is -2.52. The number of amides is 1. The molecule has 3 aromatic rings. The fourth-order valence-corrected chi connectivity index (χ4v) is 6.22. The lowest BCUT2D eigenvalue weighted by atomic mass is 9.68. The second-order valence-corrected chi connectivity index (χ2v) is 9.40. The van der Waals surface area contributed by atoms with Crippen molar-refractivity contribution in [2.45, 2.75) is 43.7 Å². The number of nitrogens with zero attached hydrogens (tertiary/aromatic N) is 2. The number of hydrogen-bond acceptors (Lipinski definition) is 2. The molecule has 1 atom stereocenters. The summed E-state index contributed by atoms with van der Waals surface area (Å²) in [6.45, 7) is 0.776. The number of aromatic nitrogens is 1. The van der Waals surface area contributed by atoms with Gasteiger partial charge in [0.15, 0.2) is 0 Å². The Morgan fingerprint density at radius 2 is 1.84 bits per heavy atom. The molecule has 1 aromatic heterocycles. The minimum absolute atomic E-state index is 0.195. The first kappa shape index (κ1) is 20.3. The minimum atomic E-state index is -0.246. The maximum absolute atomic E-state index is 13.5. The number of hydrogen-bond donors (Lipinski definition) is 1. The summed E-state index contributed by atoms with van der Waals surface area (Å²) in [6, 6.07) is 15.7. The fourth-order valence-electron chi connectivity index (χ4n) is 6.22. The van der Waals surface area contributed by atoms with Crippen molar-refractivity contribution in [2.75, 3.05) is 20.6 Å². The minimum Gasteiger partial charge on any atom is -0.356 e. The highest BCUT2D eigenvalue weighted by Gasteiger charge is 2.47. The molecule has 5 heteroatoms. The summed E-state index contributed by atoms with van der Waals surface area (Å²) in [4.78, 5) is 20.1. The molecule has 0 bridgehead atoms. The van der Waals surface area contributed by atoms with Gasteiger partial charge in [-0.1, -0.05) is 30.3 Å². The molecule has 31 heavy (non-hydrogen) atoms. The highest BCUT2D eigenvalue weighted by atomic mass is 19.1. The molecule has 4 nitrogen and oxygen atoms in total. The molecule has 162 valence electrons. The number of benzene rings is 2. The van der Waals surface area contributed by atoms with E-state index < -0.39 is 0 Å². The molecule has 1 N–H and O–H groups in total. The Morgan fingerprint density at radius 1 is 1.13 bits per heavy atom. The molecule has 5 rings (SSSR count). The van der Waals surface area contributed by atoms with Crippen LogP contribution >= 0.6 is 0 Å². The van der Waals surface area contributed by atoms with Gasteiger partial charge >= 0.3 is 0 Å². The van der Waals surface area contributed by atoms with Gasteiger partial charge in [0.05, 0.1) is 5.54 Å². The van der Waals surface area contributed by atoms with E-state index in [1.807, 2.05) is 17.0 Å². The van der Waals surface area contributed by atoms with Crippen molar-refractivity contribution in [3.8, 4) is 0 Å². The first-order valence-electron chi connectivity index (χ1n) is 11.3. The number of para-hydroxylation sites is 1. The van der Waals surface area contributed by atoms with E-state index >= 15 is 0 Å². The van der Waals surface area contributed by atoms with E-state index in [1.165, 1.54) is 22.2 Å². The number of carbonyl (C=O) groups excluding carboxylic acids is 1. The number of carbonyl (C=O) groups is 1. The topological polar surface area (TPSA) is 39.3 Å². The van der Waals surface area contributed by atoms with Gasteiger partial charge in [-0.05, 0) is 81.4 Å². The summed E-state index contributed by atoms with van der Waals surface area (Å²) in [6.07, 6.45) is 5.90. The van der Waals surface area contributed by atoms with Crippen LogP contribution in [0.1, 0.15) is 48.5 Å². The first-order valence-corrected chi connectivity index (χ1v) is 11.3. The van der Waals surface area contributed by atoms with Gasteiger partial charge in [0.1, 0.15) is 5.82 Å². The molecular weight excluding hydrogens is 389 g/mol. The maximum atomic E-state index is 13.5. The average Bonchev–Trinajstić information content (AvgIpc) is 3.17. The Kier molecular flexibility index (Phi) is 5.09. The van der Waals surface area contributed by atoms with Crippen LogP contribution in [0, 0.1) is 11.7 Å². The van der Waals surface area contributed by atoms with E-state index in [-0.39, 0.29) is 17.4 Å². The molecule has 1 fully saturated rings. The number of H-pyrrole nitrogens is 1. The summed E-state index contributed by atoms with van der Waals surface area (Å²) >= 11 is 0. The molecule has 1 saturated carbocycles. The molecule has 1 aliphatic heterocycles. The largest absolute Gasteiger partial charge is 0.356 e. The quantitative estimate of drug-likeness (QED) is 0.604. The smallest absolute Gasteiger partial charge is 0.210 e. The molecule has 0 saturated heterocycles. The van der Waals surface area contributed by atoms with Gasteiger partial charge in [-0.25, -0.2) is 4.39 Å². The van der Waals surface area contributed by atoms with E-state index in [2.05, 4.69) is 48.2 Å². The summed E-state index contributed by atoms with van der Waals surface area (Å²) in [5.74, 6) is 0.272. The van der Waals surface area contributed by atoms with E-state index in [9.17, 15) is 9.18 Å². The van der Waals surface area contributed by atoms with E-state index in [0.717, 1.165) is 50.6 Å². The Labute approximate surface area is 183 Å². The third-order valence-corrected chi connectivity index (χ3v) is 7.63. The van der Waals surface area contributed by atoms with Crippen LogP contribution in [-0.2, 0) is 16.8 Å². The maximum Gasteiger partial charge on any atom is 0.210 e. The van der Waals surface area contributed by atoms with Crippen LogP contribution in [-0.4, -0.2) is 41.8 Å². The molecule has 1 unspecified atom stereocenters. The monoisotopic (exact) mass is 419 g/mol. The number of halogens is 1. The Hall–Kier alpha value is -2.66. The summed E-state index contributed by atoms with van der Waals surface area (Å²) in [7, 11) is 4.21. The Bertz CT molecular complexity index is 1080. The van der Waals surface area contributed by atoms with E-state index in [4.69, 9.17) is 0 Å². The molecule has 2 aliphatic rings. The van der Waals surface area contributed by atoms with Crippen molar-refractivity contribution < 1.29 is 9.18 Å². The van der Waals surface area contributed by atoms with Crippen LogP contribution in [0.15, 0.2) is 48.5 Å². The second kappa shape index (κ2) is 7.79. The van der Waals surface area contributed by atoms with Gasteiger partial charge < -0.3 is 14.8 Å². The zero-order valence-electron chi connectivity index (χ0n) is 18.3. The van der Waals surface area contributed by atoms with Crippen LogP contribution in [0.5, 0.6) is 0 Å². The molecule has 2 aromatic carbocycles. The van der Waals surface area contributed by atoms with E-state index in [0.29, 0.717) is 5.92 Å². The third-order valence-electron chi connectivity index (χ3n) is 7.63. The lowest BCUT2D eigenvalue weighted by Gasteiger charge is -2.50. The summed E-state index contributed by atoms with van der Waals surface area (Å²) < 4.78 is 13.5. The Balaban J connectivity index is 1.48. The van der Waals surface area contributed by atoms with Gasteiger partial charge in [0, 0.05) is 29.2 Å².